The van der Waals surface area contributed by atoms with Gasteiger partial charge in [0.2, 0.25) is 5.88 Å². The number of hydrogen-bond acceptors (Lipinski definition) is 4. The van der Waals surface area contributed by atoms with E-state index in [1.165, 1.54) is 0 Å². The van der Waals surface area contributed by atoms with Gasteiger partial charge in [-0.3, -0.25) is 0 Å². The molecule has 2 amide bonds. The second kappa shape index (κ2) is 7.09. The summed E-state index contributed by atoms with van der Waals surface area (Å²) in [7, 11) is 1.61. The first-order valence-electron chi connectivity index (χ1n) is 6.80. The Morgan fingerprint density at radius 3 is 3.10 bits per heavy atom. The van der Waals surface area contributed by atoms with Crippen molar-refractivity contribution >= 4 is 6.03 Å². The maximum Gasteiger partial charge on any atom is 0.317 e. The van der Waals surface area contributed by atoms with E-state index < -0.39 is 0 Å². The number of methoxy groups -OCH3 is 1. The van der Waals surface area contributed by atoms with Gasteiger partial charge in [0.15, 0.2) is 0 Å². The molecule has 20 heavy (non-hydrogen) atoms. The third-order valence-corrected chi connectivity index (χ3v) is 3.19. The predicted molar refractivity (Wildman–Crippen MR) is 74.9 cm³/mol. The van der Waals surface area contributed by atoms with Crippen LogP contribution in [0.3, 0.4) is 0 Å². The van der Waals surface area contributed by atoms with E-state index in [1.807, 2.05) is 19.1 Å². The van der Waals surface area contributed by atoms with Gasteiger partial charge >= 0.3 is 6.03 Å². The lowest BCUT2D eigenvalue weighted by Gasteiger charge is -2.17. The number of aromatic nitrogens is 1. The minimum absolute atomic E-state index is 0.0124. The van der Waals surface area contributed by atoms with Crippen LogP contribution in [0.5, 0.6) is 5.88 Å². The van der Waals surface area contributed by atoms with Gasteiger partial charge in [0.25, 0.3) is 0 Å². The topological polar surface area (TPSA) is 63.7 Å². The summed E-state index contributed by atoms with van der Waals surface area (Å²) in [5.41, 5.74) is 1.10. The highest BCUT2D eigenvalue weighted by atomic mass is 16.5. The van der Waals surface area contributed by atoms with E-state index in [0.29, 0.717) is 32.1 Å². The van der Waals surface area contributed by atoms with Gasteiger partial charge in [-0.1, -0.05) is 6.07 Å². The Labute approximate surface area is 119 Å². The molecule has 1 aromatic heterocycles. The first-order chi connectivity index (χ1) is 9.69. The number of rotatable bonds is 5. The summed E-state index contributed by atoms with van der Waals surface area (Å²) in [5.74, 6) is 0.613. The standard InChI is InChI=1S/C14H21N3O3/c1-11-3-4-13(16-9-11)20-12-5-7-17(10-12)14(18)15-6-8-19-2/h3-4,9,12H,5-8,10H2,1-2H3,(H,15,18). The highest BCUT2D eigenvalue weighted by molar-refractivity contribution is 5.74. The third kappa shape index (κ3) is 4.09. The van der Waals surface area contributed by atoms with Crippen LogP contribution in [-0.4, -0.2) is 55.4 Å². The van der Waals surface area contributed by atoms with Crippen molar-refractivity contribution in [1.29, 1.82) is 0 Å². The summed E-state index contributed by atoms with van der Waals surface area (Å²) in [6, 6.07) is 3.76. The number of ether oxygens (including phenoxy) is 2. The molecule has 0 bridgehead atoms. The van der Waals surface area contributed by atoms with Crippen LogP contribution >= 0.6 is 0 Å². The van der Waals surface area contributed by atoms with Crippen LogP contribution in [-0.2, 0) is 4.74 Å². The number of hydrogen-bond donors (Lipinski definition) is 1. The van der Waals surface area contributed by atoms with E-state index in [9.17, 15) is 4.79 Å². The van der Waals surface area contributed by atoms with E-state index in [4.69, 9.17) is 9.47 Å². The summed E-state index contributed by atoms with van der Waals surface area (Å²) < 4.78 is 10.7. The van der Waals surface area contributed by atoms with Crippen LogP contribution in [0.25, 0.3) is 0 Å². The van der Waals surface area contributed by atoms with Gasteiger partial charge in [-0.2, -0.15) is 0 Å². The number of amides is 2. The largest absolute Gasteiger partial charge is 0.472 e. The molecule has 0 spiro atoms. The van der Waals surface area contributed by atoms with Gasteiger partial charge in [0, 0.05) is 38.9 Å². The van der Waals surface area contributed by atoms with Crippen molar-refractivity contribution in [3.63, 3.8) is 0 Å². The molecule has 2 heterocycles. The molecular weight excluding hydrogens is 258 g/mol. The molecule has 1 aliphatic rings. The van der Waals surface area contributed by atoms with E-state index in [1.54, 1.807) is 18.2 Å². The Bertz CT molecular complexity index is 436. The van der Waals surface area contributed by atoms with E-state index in [0.717, 1.165) is 12.0 Å². The molecule has 1 unspecified atom stereocenters. The molecule has 6 nitrogen and oxygen atoms in total. The Hall–Kier alpha value is -1.82. The van der Waals surface area contributed by atoms with Crippen LogP contribution in [0.4, 0.5) is 4.79 Å². The fourth-order valence-electron chi connectivity index (χ4n) is 2.08. The molecule has 1 aliphatic heterocycles. The number of likely N-dealkylation sites (tertiary alicyclic amines) is 1. The number of carbonyl (C=O) groups is 1. The zero-order valence-electron chi connectivity index (χ0n) is 12.0. The molecule has 0 saturated carbocycles. The maximum atomic E-state index is 11.9. The maximum absolute atomic E-state index is 11.9. The average Bonchev–Trinajstić information content (AvgIpc) is 2.90. The minimum atomic E-state index is -0.0648. The number of carbonyl (C=O) groups excluding carboxylic acids is 1. The van der Waals surface area contributed by atoms with Gasteiger partial charge < -0.3 is 19.7 Å². The van der Waals surface area contributed by atoms with Gasteiger partial charge in [0.1, 0.15) is 6.10 Å². The van der Waals surface area contributed by atoms with E-state index >= 15 is 0 Å². The zero-order chi connectivity index (χ0) is 14.4. The summed E-state index contributed by atoms with van der Waals surface area (Å²) in [6.07, 6.45) is 2.62. The highest BCUT2D eigenvalue weighted by Gasteiger charge is 2.27. The third-order valence-electron chi connectivity index (χ3n) is 3.19. The smallest absolute Gasteiger partial charge is 0.317 e. The van der Waals surface area contributed by atoms with Gasteiger partial charge in [-0.25, -0.2) is 9.78 Å². The monoisotopic (exact) mass is 279 g/mol. The summed E-state index contributed by atoms with van der Waals surface area (Å²) in [6.45, 7) is 4.33. The molecule has 1 atom stereocenters. The van der Waals surface area contributed by atoms with Gasteiger partial charge in [-0.15, -0.1) is 0 Å². The van der Waals surface area contributed by atoms with Crippen LogP contribution in [0.1, 0.15) is 12.0 Å². The van der Waals surface area contributed by atoms with Crippen molar-refractivity contribution in [3.05, 3.63) is 23.9 Å². The first-order valence-corrected chi connectivity index (χ1v) is 6.80. The van der Waals surface area contributed by atoms with Crippen LogP contribution in [0, 0.1) is 6.92 Å². The molecule has 2 rings (SSSR count). The van der Waals surface area contributed by atoms with Crippen molar-refractivity contribution in [2.45, 2.75) is 19.4 Å². The van der Waals surface area contributed by atoms with E-state index in [2.05, 4.69) is 10.3 Å². The molecule has 110 valence electrons. The highest BCUT2D eigenvalue weighted by Crippen LogP contribution is 2.16. The van der Waals surface area contributed by atoms with Gasteiger partial charge in [0.05, 0.1) is 13.2 Å². The summed E-state index contributed by atoms with van der Waals surface area (Å²) in [4.78, 5) is 17.8. The molecule has 6 heteroatoms. The summed E-state index contributed by atoms with van der Waals surface area (Å²) >= 11 is 0. The molecule has 1 aromatic rings. The van der Waals surface area contributed by atoms with Crippen LogP contribution in [0.2, 0.25) is 0 Å². The average molecular weight is 279 g/mol. The number of nitrogens with one attached hydrogen (secondary N) is 1. The fourth-order valence-corrected chi connectivity index (χ4v) is 2.08. The van der Waals surface area contributed by atoms with Crippen molar-refractivity contribution in [3.8, 4) is 5.88 Å². The lowest BCUT2D eigenvalue weighted by molar-refractivity contribution is 0.174. The lowest BCUT2D eigenvalue weighted by Crippen LogP contribution is -2.40. The second-order valence-corrected chi connectivity index (χ2v) is 4.87. The van der Waals surface area contributed by atoms with Crippen molar-refractivity contribution in [1.82, 2.24) is 15.2 Å². The Morgan fingerprint density at radius 1 is 1.55 bits per heavy atom. The minimum Gasteiger partial charge on any atom is -0.472 e. The van der Waals surface area contributed by atoms with Gasteiger partial charge in [-0.05, 0) is 12.5 Å². The quantitative estimate of drug-likeness (QED) is 0.823. The van der Waals surface area contributed by atoms with Crippen LogP contribution < -0.4 is 10.1 Å². The number of pyridine rings is 1. The van der Waals surface area contributed by atoms with E-state index in [-0.39, 0.29) is 12.1 Å². The second-order valence-electron chi connectivity index (χ2n) is 4.87. The molecule has 1 fully saturated rings. The first kappa shape index (κ1) is 14.6. The molecule has 0 aliphatic carbocycles. The molecular formula is C14H21N3O3. The normalized spacial score (nSPS) is 18.1. The fraction of sp³-hybridized carbons (Fsp3) is 0.571. The summed E-state index contributed by atoms with van der Waals surface area (Å²) in [5, 5.41) is 2.81. The number of nitrogens with zero attached hydrogens (tertiary/aromatic N) is 2. The van der Waals surface area contributed by atoms with Crippen LogP contribution in [0.15, 0.2) is 18.3 Å². The predicted octanol–water partition coefficient (Wildman–Crippen LogP) is 1.20. The molecule has 0 aromatic carbocycles. The molecule has 0 radical (unpaired) electrons. The Balaban J connectivity index is 1.77. The Morgan fingerprint density at radius 2 is 2.40 bits per heavy atom. The Kier molecular flexibility index (Phi) is 5.17. The zero-order valence-corrected chi connectivity index (χ0v) is 12.0. The number of aryl methyl sites for hydroxylation is 1. The van der Waals surface area contributed by atoms with Crippen molar-refractivity contribution in [2.75, 3.05) is 33.4 Å². The molecule has 1 N–H and O–H groups in total. The number of urea groups is 1. The SMILES string of the molecule is COCCNC(=O)N1CCC(Oc2ccc(C)cn2)C1. The van der Waals surface area contributed by atoms with Crippen molar-refractivity contribution < 1.29 is 14.3 Å². The lowest BCUT2D eigenvalue weighted by atomic mass is 10.3. The van der Waals surface area contributed by atoms with Crippen molar-refractivity contribution in [2.24, 2.45) is 0 Å². The molecule has 1 saturated heterocycles.